The highest BCUT2D eigenvalue weighted by Crippen LogP contribution is 2.22. The van der Waals surface area contributed by atoms with E-state index in [-0.39, 0.29) is 5.82 Å². The van der Waals surface area contributed by atoms with Crippen molar-refractivity contribution in [3.05, 3.63) is 52.6 Å². The summed E-state index contributed by atoms with van der Waals surface area (Å²) in [5.74, 6) is -0.243. The summed E-state index contributed by atoms with van der Waals surface area (Å²) in [4.78, 5) is 0. The first kappa shape index (κ1) is 14.7. The molecule has 0 saturated carbocycles. The van der Waals surface area contributed by atoms with Gasteiger partial charge in [0.15, 0.2) is 0 Å². The van der Waals surface area contributed by atoms with Gasteiger partial charge in [0.2, 0.25) is 0 Å². The molecule has 4 heteroatoms. The molecule has 0 saturated heterocycles. The fourth-order valence-electron chi connectivity index (χ4n) is 2.38. The predicted molar refractivity (Wildman–Crippen MR) is 77.1 cm³/mol. The number of nitrogens with zero attached hydrogens (tertiary/aromatic N) is 2. The average Bonchev–Trinajstić information content (AvgIpc) is 2.85. The van der Waals surface area contributed by atoms with Crippen molar-refractivity contribution in [3.63, 3.8) is 0 Å². The Morgan fingerprint density at radius 1 is 1.30 bits per heavy atom. The van der Waals surface area contributed by atoms with Gasteiger partial charge in [0.25, 0.3) is 0 Å². The van der Waals surface area contributed by atoms with Gasteiger partial charge in [0, 0.05) is 13.0 Å². The molecule has 1 aromatic carbocycles. The molecule has 1 heterocycles. The lowest BCUT2D eigenvalue weighted by Crippen LogP contribution is -2.10. The van der Waals surface area contributed by atoms with E-state index in [1.165, 1.54) is 12.1 Å². The molecular weight excluding hydrogens is 255 g/mol. The number of rotatable bonds is 5. The van der Waals surface area contributed by atoms with Crippen LogP contribution in [0.1, 0.15) is 42.5 Å². The highest BCUT2D eigenvalue weighted by atomic mass is 19.1. The van der Waals surface area contributed by atoms with E-state index in [2.05, 4.69) is 5.10 Å². The van der Waals surface area contributed by atoms with Crippen LogP contribution >= 0.6 is 0 Å². The van der Waals surface area contributed by atoms with Crippen LogP contribution in [0.4, 0.5) is 4.39 Å². The maximum atomic E-state index is 13.1. The Morgan fingerprint density at radius 3 is 2.65 bits per heavy atom. The number of halogens is 1. The van der Waals surface area contributed by atoms with E-state index in [0.717, 1.165) is 35.5 Å². The third-order valence-electron chi connectivity index (χ3n) is 3.58. The zero-order chi connectivity index (χ0) is 14.7. The summed E-state index contributed by atoms with van der Waals surface area (Å²) in [5.41, 5.74) is 3.63. The normalized spacial score (nSPS) is 12.7. The first-order valence-electron chi connectivity index (χ1n) is 7.04. The van der Waals surface area contributed by atoms with Crippen LogP contribution < -0.4 is 0 Å². The molecule has 3 nitrogen and oxygen atoms in total. The Bertz CT molecular complexity index is 592. The number of aromatic nitrogens is 2. The monoisotopic (exact) mass is 276 g/mol. The number of aliphatic hydroxyl groups excluding tert-OH is 1. The van der Waals surface area contributed by atoms with Crippen molar-refractivity contribution in [2.45, 2.75) is 46.3 Å². The topological polar surface area (TPSA) is 38.0 Å². The molecule has 0 fully saturated rings. The molecule has 20 heavy (non-hydrogen) atoms. The number of benzene rings is 1. The zero-order valence-corrected chi connectivity index (χ0v) is 12.2. The van der Waals surface area contributed by atoms with Crippen LogP contribution in [-0.2, 0) is 19.4 Å². The number of hydrogen-bond acceptors (Lipinski definition) is 2. The fraction of sp³-hybridized carbons (Fsp3) is 0.438. The predicted octanol–water partition coefficient (Wildman–Crippen LogP) is 3.19. The highest BCUT2D eigenvalue weighted by Gasteiger charge is 2.16. The third-order valence-corrected chi connectivity index (χ3v) is 3.58. The first-order chi connectivity index (χ1) is 9.55. The zero-order valence-electron chi connectivity index (χ0n) is 12.2. The minimum Gasteiger partial charge on any atom is -0.386 e. The Balaban J connectivity index is 2.23. The summed E-state index contributed by atoms with van der Waals surface area (Å²) in [6.07, 6.45) is 0.704. The van der Waals surface area contributed by atoms with Gasteiger partial charge in [-0.2, -0.15) is 5.10 Å². The molecule has 0 aliphatic heterocycles. The quantitative estimate of drug-likeness (QED) is 0.910. The molecular formula is C16H21FN2O. The van der Waals surface area contributed by atoms with Gasteiger partial charge in [-0.25, -0.2) is 4.39 Å². The summed E-state index contributed by atoms with van der Waals surface area (Å²) in [7, 11) is 0. The summed E-state index contributed by atoms with van der Waals surface area (Å²) >= 11 is 0. The second kappa shape index (κ2) is 6.18. The third kappa shape index (κ3) is 3.07. The van der Waals surface area contributed by atoms with Crippen molar-refractivity contribution >= 4 is 0 Å². The largest absolute Gasteiger partial charge is 0.386 e. The van der Waals surface area contributed by atoms with Crippen LogP contribution in [0.15, 0.2) is 24.3 Å². The van der Waals surface area contributed by atoms with E-state index in [1.54, 1.807) is 6.07 Å². The first-order valence-corrected chi connectivity index (χ1v) is 7.04. The van der Waals surface area contributed by atoms with Crippen LogP contribution in [0.2, 0.25) is 0 Å². The number of aliphatic hydroxyl groups is 1. The Kier molecular flexibility index (Phi) is 4.55. The highest BCUT2D eigenvalue weighted by molar-refractivity contribution is 5.28. The molecule has 1 N–H and O–H groups in total. The molecule has 0 spiro atoms. The minimum atomic E-state index is -0.619. The standard InChI is InChI=1S/C16H21FN2O/c1-4-14-10-15(19(5-2)18-14)16(20)9-12-6-7-13(17)8-11(12)3/h6-8,10,16,20H,4-5,9H2,1-3H3. The van der Waals surface area contributed by atoms with E-state index in [9.17, 15) is 9.50 Å². The molecule has 108 valence electrons. The van der Waals surface area contributed by atoms with Crippen LogP contribution in [0.5, 0.6) is 0 Å². The van der Waals surface area contributed by atoms with Gasteiger partial charge in [0.05, 0.1) is 17.5 Å². The summed E-state index contributed by atoms with van der Waals surface area (Å²) < 4.78 is 14.9. The lowest BCUT2D eigenvalue weighted by Gasteiger charge is -2.14. The van der Waals surface area contributed by atoms with E-state index >= 15 is 0 Å². The van der Waals surface area contributed by atoms with Gasteiger partial charge in [-0.3, -0.25) is 4.68 Å². The molecule has 1 atom stereocenters. The second-order valence-corrected chi connectivity index (χ2v) is 5.02. The minimum absolute atomic E-state index is 0.243. The molecule has 2 rings (SSSR count). The van der Waals surface area contributed by atoms with Crippen LogP contribution in [0.25, 0.3) is 0 Å². The smallest absolute Gasteiger partial charge is 0.123 e. The fourth-order valence-corrected chi connectivity index (χ4v) is 2.38. The maximum absolute atomic E-state index is 13.1. The summed E-state index contributed by atoms with van der Waals surface area (Å²) in [6.45, 7) is 6.64. The van der Waals surface area contributed by atoms with Crippen molar-refractivity contribution in [3.8, 4) is 0 Å². The van der Waals surface area contributed by atoms with E-state index < -0.39 is 6.10 Å². The number of hydrogen-bond donors (Lipinski definition) is 1. The van der Waals surface area contributed by atoms with Gasteiger partial charge in [0.1, 0.15) is 5.82 Å². The summed E-state index contributed by atoms with van der Waals surface area (Å²) in [5, 5.41) is 14.9. The van der Waals surface area contributed by atoms with E-state index in [1.807, 2.05) is 31.5 Å². The SMILES string of the molecule is CCc1cc(C(O)Cc2ccc(F)cc2C)n(CC)n1. The second-order valence-electron chi connectivity index (χ2n) is 5.02. The average molecular weight is 276 g/mol. The van der Waals surface area contributed by atoms with Crippen LogP contribution in [0.3, 0.4) is 0 Å². The molecule has 0 aliphatic carbocycles. The van der Waals surface area contributed by atoms with Crippen molar-refractivity contribution in [2.75, 3.05) is 0 Å². The molecule has 0 aliphatic rings. The maximum Gasteiger partial charge on any atom is 0.123 e. The Hall–Kier alpha value is -1.68. The Labute approximate surface area is 119 Å². The molecule has 0 amide bonds. The van der Waals surface area contributed by atoms with Gasteiger partial charge in [-0.05, 0) is 49.6 Å². The number of aryl methyl sites for hydroxylation is 3. The lowest BCUT2D eigenvalue weighted by atomic mass is 10.0. The molecule has 1 unspecified atom stereocenters. The van der Waals surface area contributed by atoms with Gasteiger partial charge in [-0.15, -0.1) is 0 Å². The summed E-state index contributed by atoms with van der Waals surface area (Å²) in [6, 6.07) is 6.62. The van der Waals surface area contributed by atoms with Crippen molar-refractivity contribution in [1.29, 1.82) is 0 Å². The Morgan fingerprint density at radius 2 is 2.05 bits per heavy atom. The lowest BCUT2D eigenvalue weighted by molar-refractivity contribution is 0.167. The van der Waals surface area contributed by atoms with Crippen molar-refractivity contribution in [1.82, 2.24) is 9.78 Å². The molecule has 0 radical (unpaired) electrons. The molecule has 2 aromatic rings. The van der Waals surface area contributed by atoms with Crippen molar-refractivity contribution < 1.29 is 9.50 Å². The van der Waals surface area contributed by atoms with Gasteiger partial charge in [-0.1, -0.05) is 13.0 Å². The molecule has 1 aromatic heterocycles. The van der Waals surface area contributed by atoms with Crippen LogP contribution in [-0.4, -0.2) is 14.9 Å². The van der Waals surface area contributed by atoms with Crippen LogP contribution in [0, 0.1) is 12.7 Å². The molecule has 0 bridgehead atoms. The van der Waals surface area contributed by atoms with E-state index in [4.69, 9.17) is 0 Å². The van der Waals surface area contributed by atoms with Gasteiger partial charge >= 0.3 is 0 Å². The van der Waals surface area contributed by atoms with Gasteiger partial charge < -0.3 is 5.11 Å². The van der Waals surface area contributed by atoms with Crippen molar-refractivity contribution in [2.24, 2.45) is 0 Å². The van der Waals surface area contributed by atoms with E-state index in [0.29, 0.717) is 6.42 Å².